The second kappa shape index (κ2) is 7.18. The first-order valence-corrected chi connectivity index (χ1v) is 9.30. The molecule has 0 spiro atoms. The average molecular weight is 351 g/mol. The Morgan fingerprint density at radius 3 is 2.70 bits per heavy atom. The molecule has 0 radical (unpaired) electrons. The van der Waals surface area contributed by atoms with Crippen LogP contribution in [0.5, 0.6) is 0 Å². The number of carbonyl (C=O) groups excluding carboxylic acids is 1. The van der Waals surface area contributed by atoms with Gasteiger partial charge in [0, 0.05) is 16.7 Å². The minimum Gasteiger partial charge on any atom is -0.481 e. The molecule has 1 aliphatic rings. The summed E-state index contributed by atoms with van der Waals surface area (Å²) in [6, 6.07) is 0. The summed E-state index contributed by atoms with van der Waals surface area (Å²) in [7, 11) is 0. The van der Waals surface area contributed by atoms with Crippen LogP contribution in [0.4, 0.5) is 5.13 Å². The number of hydrogen-bond donors (Lipinski definition) is 2. The lowest BCUT2D eigenvalue weighted by Gasteiger charge is -2.18. The first-order chi connectivity index (χ1) is 11.1. The Morgan fingerprint density at radius 1 is 1.17 bits per heavy atom. The molecule has 2 heterocycles. The van der Waals surface area contributed by atoms with Gasteiger partial charge in [-0.05, 0) is 12.8 Å². The van der Waals surface area contributed by atoms with Crippen LogP contribution in [0.15, 0.2) is 10.8 Å². The maximum Gasteiger partial charge on any atom is 0.309 e. The molecule has 1 fully saturated rings. The van der Waals surface area contributed by atoms with E-state index in [9.17, 15) is 9.59 Å². The molecule has 3 rings (SSSR count). The van der Waals surface area contributed by atoms with E-state index < -0.39 is 5.97 Å². The zero-order valence-corrected chi connectivity index (χ0v) is 14.1. The van der Waals surface area contributed by atoms with Gasteiger partial charge in [-0.15, -0.1) is 22.7 Å². The Labute approximate surface area is 141 Å². The Bertz CT molecular complexity index is 704. The molecule has 23 heavy (non-hydrogen) atoms. The molecule has 0 bridgehead atoms. The first kappa shape index (κ1) is 16.1. The van der Waals surface area contributed by atoms with Crippen LogP contribution in [-0.2, 0) is 11.2 Å². The minimum absolute atomic E-state index is 0.144. The van der Waals surface area contributed by atoms with Crippen molar-refractivity contribution in [2.24, 2.45) is 0 Å². The van der Waals surface area contributed by atoms with Gasteiger partial charge in [0.2, 0.25) is 0 Å². The fraction of sp³-hybridized carbons (Fsp3) is 0.467. The first-order valence-electron chi connectivity index (χ1n) is 7.55. The quantitative estimate of drug-likeness (QED) is 0.860. The summed E-state index contributed by atoms with van der Waals surface area (Å²) < 4.78 is 0. The number of rotatable bonds is 5. The van der Waals surface area contributed by atoms with Gasteiger partial charge in [-0.25, -0.2) is 9.97 Å². The second-order valence-electron chi connectivity index (χ2n) is 5.57. The summed E-state index contributed by atoms with van der Waals surface area (Å²) in [6.07, 6.45) is 5.92. The van der Waals surface area contributed by atoms with Gasteiger partial charge in [-0.1, -0.05) is 19.3 Å². The zero-order valence-electron chi connectivity index (χ0n) is 12.4. The van der Waals surface area contributed by atoms with Crippen LogP contribution in [0, 0.1) is 0 Å². The third-order valence-corrected chi connectivity index (χ3v) is 5.63. The van der Waals surface area contributed by atoms with Crippen molar-refractivity contribution in [3.63, 3.8) is 0 Å². The van der Waals surface area contributed by atoms with E-state index >= 15 is 0 Å². The summed E-state index contributed by atoms with van der Waals surface area (Å²) in [5.41, 5.74) is 0.851. The molecule has 122 valence electrons. The van der Waals surface area contributed by atoms with Crippen molar-refractivity contribution in [3.8, 4) is 0 Å². The van der Waals surface area contributed by atoms with Gasteiger partial charge in [0.05, 0.1) is 17.1 Å². The number of aliphatic carboxylic acids is 1. The largest absolute Gasteiger partial charge is 0.481 e. The highest BCUT2D eigenvalue weighted by Gasteiger charge is 2.21. The van der Waals surface area contributed by atoms with E-state index in [0.717, 1.165) is 17.8 Å². The smallest absolute Gasteiger partial charge is 0.309 e. The third kappa shape index (κ3) is 4.14. The van der Waals surface area contributed by atoms with Crippen molar-refractivity contribution >= 4 is 39.7 Å². The molecule has 6 nitrogen and oxygen atoms in total. The maximum absolute atomic E-state index is 12.2. The lowest BCUT2D eigenvalue weighted by atomic mass is 9.90. The Hall–Kier alpha value is -1.80. The second-order valence-corrected chi connectivity index (χ2v) is 7.32. The third-order valence-electron chi connectivity index (χ3n) is 3.81. The predicted molar refractivity (Wildman–Crippen MR) is 89.3 cm³/mol. The van der Waals surface area contributed by atoms with Gasteiger partial charge >= 0.3 is 5.97 Å². The van der Waals surface area contributed by atoms with E-state index in [1.165, 1.54) is 30.6 Å². The molecule has 8 heteroatoms. The van der Waals surface area contributed by atoms with Crippen molar-refractivity contribution < 1.29 is 14.7 Å². The van der Waals surface area contributed by atoms with Gasteiger partial charge in [0.25, 0.3) is 5.91 Å². The van der Waals surface area contributed by atoms with Crippen LogP contribution in [0.3, 0.4) is 0 Å². The monoisotopic (exact) mass is 351 g/mol. The number of aromatic nitrogens is 2. The van der Waals surface area contributed by atoms with Crippen LogP contribution in [0.1, 0.15) is 59.2 Å². The molecule has 1 saturated carbocycles. The molecular weight excluding hydrogens is 334 g/mol. The highest BCUT2D eigenvalue weighted by Crippen LogP contribution is 2.34. The number of carboxylic acid groups (broad SMARTS) is 1. The van der Waals surface area contributed by atoms with Crippen LogP contribution in [-0.4, -0.2) is 27.0 Å². The molecule has 0 saturated heterocycles. The van der Waals surface area contributed by atoms with Gasteiger partial charge in [0.15, 0.2) is 5.13 Å². The normalized spacial score (nSPS) is 15.5. The Kier molecular flexibility index (Phi) is 5.02. The number of amides is 1. The molecule has 1 amide bonds. The number of carboxylic acids is 1. The van der Waals surface area contributed by atoms with E-state index in [1.54, 1.807) is 22.1 Å². The average Bonchev–Trinajstić information content (AvgIpc) is 3.17. The highest BCUT2D eigenvalue weighted by molar-refractivity contribution is 7.14. The van der Waals surface area contributed by atoms with Gasteiger partial charge in [-0.3, -0.25) is 14.9 Å². The fourth-order valence-electron chi connectivity index (χ4n) is 2.69. The summed E-state index contributed by atoms with van der Waals surface area (Å²) in [4.78, 5) is 31.4. The van der Waals surface area contributed by atoms with Crippen molar-refractivity contribution in [3.05, 3.63) is 27.2 Å². The molecule has 2 N–H and O–H groups in total. The Morgan fingerprint density at radius 2 is 1.96 bits per heavy atom. The molecular formula is C15H17N3O3S2. The van der Waals surface area contributed by atoms with Crippen molar-refractivity contribution in [2.45, 2.75) is 44.4 Å². The summed E-state index contributed by atoms with van der Waals surface area (Å²) >= 11 is 2.76. The predicted octanol–water partition coefficient (Wildman–Crippen LogP) is 3.53. The minimum atomic E-state index is -0.940. The number of nitrogens with one attached hydrogen (secondary N) is 1. The summed E-state index contributed by atoms with van der Waals surface area (Å²) in [5, 5.41) is 16.3. The van der Waals surface area contributed by atoms with E-state index in [1.807, 2.05) is 0 Å². The summed E-state index contributed by atoms with van der Waals surface area (Å²) in [6.45, 7) is 0. The number of thiazole rings is 2. The molecule has 0 atom stereocenters. The standard InChI is InChI=1S/C15H17N3O3S2/c19-12(20)6-10-7-23-15(16-10)18-13(21)11-8-22-14(17-11)9-4-2-1-3-5-9/h7-9H,1-6H2,(H,19,20)(H,16,18,21). The van der Waals surface area contributed by atoms with Crippen molar-refractivity contribution in [2.75, 3.05) is 5.32 Å². The number of hydrogen-bond acceptors (Lipinski definition) is 6. The SMILES string of the molecule is O=C(O)Cc1csc(NC(=O)c2csc(C3CCCCC3)n2)n1. The highest BCUT2D eigenvalue weighted by atomic mass is 32.1. The zero-order chi connectivity index (χ0) is 16.2. The van der Waals surface area contributed by atoms with E-state index in [-0.39, 0.29) is 12.3 Å². The number of anilines is 1. The fourth-order valence-corrected chi connectivity index (χ4v) is 4.37. The van der Waals surface area contributed by atoms with E-state index in [4.69, 9.17) is 5.11 Å². The van der Waals surface area contributed by atoms with Gasteiger partial charge in [-0.2, -0.15) is 0 Å². The summed E-state index contributed by atoms with van der Waals surface area (Å²) in [5.74, 6) is -0.748. The van der Waals surface area contributed by atoms with Crippen LogP contribution < -0.4 is 5.32 Å². The topological polar surface area (TPSA) is 92.2 Å². The van der Waals surface area contributed by atoms with Crippen LogP contribution in [0.2, 0.25) is 0 Å². The molecule has 2 aromatic rings. The number of nitrogens with zero attached hydrogens (tertiary/aromatic N) is 2. The van der Waals surface area contributed by atoms with Gasteiger partial charge < -0.3 is 5.11 Å². The lowest BCUT2D eigenvalue weighted by Crippen LogP contribution is -2.13. The van der Waals surface area contributed by atoms with Gasteiger partial charge in [0.1, 0.15) is 5.69 Å². The van der Waals surface area contributed by atoms with Crippen LogP contribution in [0.25, 0.3) is 0 Å². The molecule has 0 unspecified atom stereocenters. The molecule has 2 aromatic heterocycles. The number of carbonyl (C=O) groups is 2. The molecule has 0 aromatic carbocycles. The molecule has 0 aliphatic heterocycles. The lowest BCUT2D eigenvalue weighted by molar-refractivity contribution is -0.136. The Balaban J connectivity index is 1.63. The van der Waals surface area contributed by atoms with E-state index in [0.29, 0.717) is 22.4 Å². The maximum atomic E-state index is 12.2. The van der Waals surface area contributed by atoms with Crippen molar-refractivity contribution in [1.29, 1.82) is 0 Å². The van der Waals surface area contributed by atoms with E-state index in [2.05, 4.69) is 15.3 Å². The van der Waals surface area contributed by atoms with Crippen LogP contribution >= 0.6 is 22.7 Å². The van der Waals surface area contributed by atoms with Crippen molar-refractivity contribution in [1.82, 2.24) is 9.97 Å². The molecule has 1 aliphatic carbocycles.